The highest BCUT2D eigenvalue weighted by atomic mass is 16.5. The van der Waals surface area contributed by atoms with Gasteiger partial charge in [0.15, 0.2) is 0 Å². The molecule has 0 bridgehead atoms. The topological polar surface area (TPSA) is 78.9 Å². The number of likely N-dealkylation sites (tertiary alicyclic amines) is 1. The second-order valence-electron chi connectivity index (χ2n) is 7.36. The van der Waals surface area contributed by atoms with Gasteiger partial charge in [0.05, 0.1) is 18.6 Å². The van der Waals surface area contributed by atoms with Crippen molar-refractivity contribution < 1.29 is 19.4 Å². The fourth-order valence-corrected chi connectivity index (χ4v) is 3.81. The van der Waals surface area contributed by atoms with Gasteiger partial charge < -0.3 is 15.2 Å². The van der Waals surface area contributed by atoms with Crippen molar-refractivity contribution in [2.24, 2.45) is 17.3 Å². The molecule has 6 heteroatoms. The molecular weight excluding hydrogens is 296 g/mol. The highest BCUT2D eigenvalue weighted by Crippen LogP contribution is 2.48. The van der Waals surface area contributed by atoms with E-state index in [9.17, 15) is 14.7 Å². The Morgan fingerprint density at radius 3 is 2.83 bits per heavy atom. The lowest BCUT2D eigenvalue weighted by atomic mass is 9.81. The van der Waals surface area contributed by atoms with Gasteiger partial charge in [0.1, 0.15) is 0 Å². The Balaban J connectivity index is 1.64. The van der Waals surface area contributed by atoms with Gasteiger partial charge in [-0.3, -0.25) is 14.5 Å². The largest absolute Gasteiger partial charge is 0.481 e. The van der Waals surface area contributed by atoms with Crippen LogP contribution in [0.4, 0.5) is 0 Å². The summed E-state index contributed by atoms with van der Waals surface area (Å²) in [6.45, 7) is 7.59. The number of nitrogens with zero attached hydrogens (tertiary/aromatic N) is 1. The van der Waals surface area contributed by atoms with Crippen LogP contribution >= 0.6 is 0 Å². The van der Waals surface area contributed by atoms with Gasteiger partial charge in [-0.1, -0.05) is 20.3 Å². The average Bonchev–Trinajstić information content (AvgIpc) is 2.99. The summed E-state index contributed by atoms with van der Waals surface area (Å²) in [7, 11) is 0. The van der Waals surface area contributed by atoms with Crippen LogP contribution in [0.2, 0.25) is 0 Å². The Hall–Kier alpha value is -1.14. The Kier molecular flexibility index (Phi) is 6.41. The summed E-state index contributed by atoms with van der Waals surface area (Å²) in [5.74, 6) is 0.0902. The molecule has 6 nitrogen and oxygen atoms in total. The normalized spacial score (nSPS) is 27.3. The van der Waals surface area contributed by atoms with E-state index in [2.05, 4.69) is 19.2 Å². The second-order valence-corrected chi connectivity index (χ2v) is 7.36. The van der Waals surface area contributed by atoms with Crippen molar-refractivity contribution in [1.29, 1.82) is 0 Å². The molecule has 23 heavy (non-hydrogen) atoms. The SMILES string of the molecule is CC(C)CCOCCNC(=O)CN1C[C@@H]2CCC[C@@]2(C(=O)O)C1. The Morgan fingerprint density at radius 1 is 1.39 bits per heavy atom. The Bertz CT molecular complexity index is 427. The van der Waals surface area contributed by atoms with Gasteiger partial charge in [-0.2, -0.15) is 0 Å². The van der Waals surface area contributed by atoms with E-state index in [1.165, 1.54) is 0 Å². The molecule has 0 aromatic heterocycles. The van der Waals surface area contributed by atoms with E-state index in [4.69, 9.17) is 4.74 Å². The van der Waals surface area contributed by atoms with Gasteiger partial charge in [0, 0.05) is 26.2 Å². The fourth-order valence-electron chi connectivity index (χ4n) is 3.81. The standard InChI is InChI=1S/C17H30N2O4/c1-13(2)5-8-23-9-7-18-15(20)11-19-10-14-4-3-6-17(14,12-19)16(21)22/h13-14H,3-12H2,1-2H3,(H,18,20)(H,21,22)/t14-,17+/m0/s1. The Morgan fingerprint density at radius 2 is 2.17 bits per heavy atom. The van der Waals surface area contributed by atoms with Crippen molar-refractivity contribution in [2.45, 2.75) is 39.5 Å². The molecule has 2 rings (SSSR count). The van der Waals surface area contributed by atoms with Crippen LogP contribution in [0.15, 0.2) is 0 Å². The molecule has 1 amide bonds. The zero-order chi connectivity index (χ0) is 16.9. The van der Waals surface area contributed by atoms with Gasteiger partial charge >= 0.3 is 5.97 Å². The summed E-state index contributed by atoms with van der Waals surface area (Å²) in [5.41, 5.74) is -0.611. The van der Waals surface area contributed by atoms with E-state index in [0.29, 0.717) is 25.6 Å². The third kappa shape index (κ3) is 4.67. The Labute approximate surface area is 138 Å². The summed E-state index contributed by atoms with van der Waals surface area (Å²) >= 11 is 0. The quantitative estimate of drug-likeness (QED) is 0.625. The molecule has 0 aromatic carbocycles. The predicted octanol–water partition coefficient (Wildman–Crippen LogP) is 1.35. The number of rotatable bonds is 9. The van der Waals surface area contributed by atoms with Crippen LogP contribution in [0.3, 0.4) is 0 Å². The first-order valence-corrected chi connectivity index (χ1v) is 8.74. The van der Waals surface area contributed by atoms with E-state index < -0.39 is 11.4 Å². The van der Waals surface area contributed by atoms with Crippen LogP contribution < -0.4 is 5.32 Å². The number of hydrogen-bond acceptors (Lipinski definition) is 4. The fraction of sp³-hybridized carbons (Fsp3) is 0.882. The van der Waals surface area contributed by atoms with E-state index >= 15 is 0 Å². The molecule has 0 unspecified atom stereocenters. The molecule has 1 heterocycles. The summed E-state index contributed by atoms with van der Waals surface area (Å²) in [6, 6.07) is 0. The van der Waals surface area contributed by atoms with Gasteiger partial charge in [-0.05, 0) is 31.1 Å². The minimum atomic E-state index is -0.693. The summed E-state index contributed by atoms with van der Waals surface area (Å²) in [4.78, 5) is 25.6. The van der Waals surface area contributed by atoms with Crippen molar-refractivity contribution >= 4 is 11.9 Å². The smallest absolute Gasteiger partial charge is 0.311 e. The van der Waals surface area contributed by atoms with Crippen LogP contribution in [0.1, 0.15) is 39.5 Å². The molecule has 1 aliphatic carbocycles. The number of carboxylic acid groups (broad SMARTS) is 1. The zero-order valence-corrected chi connectivity index (χ0v) is 14.3. The number of aliphatic carboxylic acids is 1. The molecule has 0 aromatic rings. The third-order valence-corrected chi connectivity index (χ3v) is 5.14. The molecule has 2 aliphatic rings. The lowest BCUT2D eigenvalue weighted by molar-refractivity contribution is -0.149. The van der Waals surface area contributed by atoms with Gasteiger partial charge in [0.2, 0.25) is 5.91 Å². The zero-order valence-electron chi connectivity index (χ0n) is 14.3. The van der Waals surface area contributed by atoms with Crippen molar-refractivity contribution in [2.75, 3.05) is 39.4 Å². The number of carbonyl (C=O) groups excluding carboxylic acids is 1. The first-order chi connectivity index (χ1) is 10.9. The highest BCUT2D eigenvalue weighted by Gasteiger charge is 2.54. The molecule has 1 saturated carbocycles. The van der Waals surface area contributed by atoms with Crippen molar-refractivity contribution in [3.63, 3.8) is 0 Å². The van der Waals surface area contributed by atoms with Gasteiger partial charge in [-0.25, -0.2) is 0 Å². The number of carboxylic acids is 1. The van der Waals surface area contributed by atoms with E-state index in [0.717, 1.165) is 38.8 Å². The van der Waals surface area contributed by atoms with E-state index in [-0.39, 0.29) is 18.4 Å². The number of ether oxygens (including phenoxy) is 1. The predicted molar refractivity (Wildman–Crippen MR) is 87.1 cm³/mol. The number of nitrogens with one attached hydrogen (secondary N) is 1. The van der Waals surface area contributed by atoms with Crippen LogP contribution in [-0.4, -0.2) is 61.3 Å². The monoisotopic (exact) mass is 326 g/mol. The second kappa shape index (κ2) is 8.11. The molecule has 0 spiro atoms. The lowest BCUT2D eigenvalue weighted by Crippen LogP contribution is -2.40. The summed E-state index contributed by atoms with van der Waals surface area (Å²) in [6.07, 6.45) is 3.73. The number of carbonyl (C=O) groups is 2. The molecule has 2 fully saturated rings. The molecule has 2 atom stereocenters. The summed E-state index contributed by atoms with van der Waals surface area (Å²) < 4.78 is 5.47. The minimum absolute atomic E-state index is 0.0435. The van der Waals surface area contributed by atoms with Crippen LogP contribution in [0.5, 0.6) is 0 Å². The summed E-state index contributed by atoms with van der Waals surface area (Å²) in [5, 5.41) is 12.4. The maximum atomic E-state index is 12.0. The molecule has 132 valence electrons. The first kappa shape index (κ1) is 18.2. The number of fused-ring (bicyclic) bond motifs is 1. The highest BCUT2D eigenvalue weighted by molar-refractivity contribution is 5.79. The van der Waals surface area contributed by atoms with Crippen molar-refractivity contribution in [3.05, 3.63) is 0 Å². The van der Waals surface area contributed by atoms with E-state index in [1.807, 2.05) is 4.90 Å². The molecule has 0 radical (unpaired) electrons. The maximum Gasteiger partial charge on any atom is 0.311 e. The first-order valence-electron chi connectivity index (χ1n) is 8.74. The number of amides is 1. The number of hydrogen-bond donors (Lipinski definition) is 2. The lowest BCUT2D eigenvalue weighted by Gasteiger charge is -2.23. The van der Waals surface area contributed by atoms with Crippen molar-refractivity contribution in [1.82, 2.24) is 10.2 Å². The van der Waals surface area contributed by atoms with Crippen LogP contribution in [0, 0.1) is 17.3 Å². The van der Waals surface area contributed by atoms with Gasteiger partial charge in [-0.15, -0.1) is 0 Å². The van der Waals surface area contributed by atoms with Crippen LogP contribution in [-0.2, 0) is 14.3 Å². The minimum Gasteiger partial charge on any atom is -0.481 e. The maximum absolute atomic E-state index is 12.0. The van der Waals surface area contributed by atoms with Crippen LogP contribution in [0.25, 0.3) is 0 Å². The van der Waals surface area contributed by atoms with Gasteiger partial charge in [0.25, 0.3) is 0 Å². The molecule has 1 saturated heterocycles. The molecular formula is C17H30N2O4. The third-order valence-electron chi connectivity index (χ3n) is 5.14. The van der Waals surface area contributed by atoms with Crippen molar-refractivity contribution in [3.8, 4) is 0 Å². The van der Waals surface area contributed by atoms with E-state index in [1.54, 1.807) is 0 Å². The molecule has 2 N–H and O–H groups in total. The molecule has 1 aliphatic heterocycles. The average molecular weight is 326 g/mol.